The van der Waals surface area contributed by atoms with Crippen LogP contribution in [0, 0.1) is 6.92 Å². The number of hydrogen-bond donors (Lipinski definition) is 1. The highest BCUT2D eigenvalue weighted by Crippen LogP contribution is 2.10. The zero-order valence-corrected chi connectivity index (χ0v) is 14.1. The van der Waals surface area contributed by atoms with Gasteiger partial charge in [0.05, 0.1) is 24.5 Å². The van der Waals surface area contributed by atoms with E-state index in [1.165, 1.54) is 11.8 Å². The molecule has 1 aromatic carbocycles. The zero-order valence-electron chi connectivity index (χ0n) is 14.1. The summed E-state index contributed by atoms with van der Waals surface area (Å²) in [5, 5.41) is 3.36. The molecular formula is C18H23N3O3. The van der Waals surface area contributed by atoms with Crippen molar-refractivity contribution in [3.05, 3.63) is 53.3 Å². The molecule has 1 aromatic heterocycles. The first-order valence-corrected chi connectivity index (χ1v) is 8.09. The third kappa shape index (κ3) is 5.62. The number of nitrogens with one attached hydrogen (secondary N) is 1. The largest absolute Gasteiger partial charge is 0.463 e. The molecule has 6 heteroatoms. The summed E-state index contributed by atoms with van der Waals surface area (Å²) in [6.07, 6.45) is 2.29. The molecule has 24 heavy (non-hydrogen) atoms. The van der Waals surface area contributed by atoms with Crippen LogP contribution in [-0.2, 0) is 11.3 Å². The molecule has 1 heterocycles. The molecule has 2 rings (SSSR count). The predicted octanol–water partition coefficient (Wildman–Crippen LogP) is 2.52. The first kappa shape index (κ1) is 17.9. The van der Waals surface area contributed by atoms with Gasteiger partial charge in [-0.3, -0.25) is 0 Å². The van der Waals surface area contributed by atoms with Gasteiger partial charge in [-0.15, -0.1) is 0 Å². The molecule has 2 aromatic rings. The minimum absolute atomic E-state index is 0.281. The third-order valence-corrected chi connectivity index (χ3v) is 3.35. The summed E-state index contributed by atoms with van der Waals surface area (Å²) in [6, 6.07) is 10.5. The molecule has 0 aliphatic heterocycles. The van der Waals surface area contributed by atoms with Gasteiger partial charge in [0.1, 0.15) is 0 Å². The van der Waals surface area contributed by atoms with Crippen LogP contribution in [0.2, 0.25) is 0 Å². The summed E-state index contributed by atoms with van der Waals surface area (Å²) in [6.45, 7) is 6.02. The summed E-state index contributed by atoms with van der Waals surface area (Å²) in [5.41, 5.74) is 2.18. The normalized spacial score (nSPS) is 10.4. The van der Waals surface area contributed by atoms with Gasteiger partial charge in [0, 0.05) is 12.7 Å². The van der Waals surface area contributed by atoms with E-state index in [9.17, 15) is 4.79 Å². The molecule has 0 spiro atoms. The van der Waals surface area contributed by atoms with Gasteiger partial charge in [-0.1, -0.05) is 30.3 Å². The molecule has 0 bridgehead atoms. The van der Waals surface area contributed by atoms with E-state index in [1.807, 2.05) is 18.2 Å². The first-order chi connectivity index (χ1) is 11.7. The summed E-state index contributed by atoms with van der Waals surface area (Å²) < 4.78 is 10.5. The van der Waals surface area contributed by atoms with Crippen molar-refractivity contribution < 1.29 is 14.3 Å². The number of hydrogen-bond acceptors (Lipinski definition) is 6. The Kier molecular flexibility index (Phi) is 7.17. The van der Waals surface area contributed by atoms with Crippen molar-refractivity contribution in [2.24, 2.45) is 0 Å². The standard InChI is InChI=1S/C18H23N3O3/c1-3-23-17(22)16-13-20-18(21-14(16)2)24-11-7-10-19-12-15-8-5-4-6-9-15/h4-6,8-9,13,19H,3,7,10-12H2,1-2H3. The Labute approximate surface area is 142 Å². The summed E-state index contributed by atoms with van der Waals surface area (Å²) in [7, 11) is 0. The van der Waals surface area contributed by atoms with Crippen LogP contribution in [0.15, 0.2) is 36.5 Å². The van der Waals surface area contributed by atoms with E-state index in [2.05, 4.69) is 27.4 Å². The Morgan fingerprint density at radius 2 is 2.04 bits per heavy atom. The van der Waals surface area contributed by atoms with Gasteiger partial charge in [-0.05, 0) is 32.4 Å². The number of esters is 1. The van der Waals surface area contributed by atoms with Crippen molar-refractivity contribution in [1.29, 1.82) is 0 Å². The Bertz CT molecular complexity index is 647. The molecule has 0 aliphatic carbocycles. The Hall–Kier alpha value is -2.47. The van der Waals surface area contributed by atoms with Crippen LogP contribution < -0.4 is 10.1 Å². The molecule has 0 fully saturated rings. The predicted molar refractivity (Wildman–Crippen MR) is 91.0 cm³/mol. The summed E-state index contributed by atoms with van der Waals surface area (Å²) in [5.74, 6) is -0.410. The molecule has 0 atom stereocenters. The second-order valence-corrected chi connectivity index (χ2v) is 5.24. The van der Waals surface area contributed by atoms with Gasteiger partial charge in [-0.2, -0.15) is 4.98 Å². The minimum Gasteiger partial charge on any atom is -0.463 e. The lowest BCUT2D eigenvalue weighted by atomic mass is 10.2. The molecule has 0 amide bonds. The van der Waals surface area contributed by atoms with E-state index in [4.69, 9.17) is 9.47 Å². The van der Waals surface area contributed by atoms with Crippen LogP contribution in [0.1, 0.15) is 35.0 Å². The summed E-state index contributed by atoms with van der Waals surface area (Å²) in [4.78, 5) is 19.9. The second kappa shape index (κ2) is 9.62. The first-order valence-electron chi connectivity index (χ1n) is 8.09. The van der Waals surface area contributed by atoms with Crippen LogP contribution in [0.4, 0.5) is 0 Å². The Balaban J connectivity index is 1.69. The Morgan fingerprint density at radius 1 is 1.25 bits per heavy atom. The Morgan fingerprint density at radius 3 is 2.75 bits per heavy atom. The van der Waals surface area contributed by atoms with Crippen molar-refractivity contribution in [2.45, 2.75) is 26.8 Å². The van der Waals surface area contributed by atoms with Gasteiger partial charge in [-0.25, -0.2) is 9.78 Å². The highest BCUT2D eigenvalue weighted by atomic mass is 16.5. The number of carbonyl (C=O) groups is 1. The van der Waals surface area contributed by atoms with Gasteiger partial charge in [0.15, 0.2) is 0 Å². The molecule has 0 aliphatic rings. The third-order valence-electron chi connectivity index (χ3n) is 3.35. The fourth-order valence-corrected chi connectivity index (χ4v) is 2.11. The molecule has 6 nitrogen and oxygen atoms in total. The van der Waals surface area contributed by atoms with E-state index in [-0.39, 0.29) is 6.01 Å². The van der Waals surface area contributed by atoms with Crippen LogP contribution in [-0.4, -0.2) is 35.7 Å². The average molecular weight is 329 g/mol. The van der Waals surface area contributed by atoms with Crippen LogP contribution >= 0.6 is 0 Å². The highest BCUT2D eigenvalue weighted by Gasteiger charge is 2.12. The van der Waals surface area contributed by atoms with Crippen LogP contribution in [0.3, 0.4) is 0 Å². The number of carbonyl (C=O) groups excluding carboxylic acids is 1. The molecular weight excluding hydrogens is 306 g/mol. The minimum atomic E-state index is -0.410. The van der Waals surface area contributed by atoms with E-state index in [0.717, 1.165) is 19.5 Å². The quantitative estimate of drug-likeness (QED) is 0.563. The van der Waals surface area contributed by atoms with Crippen molar-refractivity contribution in [2.75, 3.05) is 19.8 Å². The van der Waals surface area contributed by atoms with Gasteiger partial charge in [0.2, 0.25) is 0 Å². The van der Waals surface area contributed by atoms with Gasteiger partial charge >= 0.3 is 12.0 Å². The molecule has 0 saturated heterocycles. The van der Waals surface area contributed by atoms with Gasteiger partial charge in [0.25, 0.3) is 0 Å². The van der Waals surface area contributed by atoms with E-state index in [0.29, 0.717) is 24.5 Å². The van der Waals surface area contributed by atoms with Crippen LogP contribution in [0.5, 0.6) is 6.01 Å². The lowest BCUT2D eigenvalue weighted by molar-refractivity contribution is 0.0524. The van der Waals surface area contributed by atoms with E-state index in [1.54, 1.807) is 13.8 Å². The molecule has 128 valence electrons. The van der Waals surface area contributed by atoms with Crippen molar-refractivity contribution in [3.8, 4) is 6.01 Å². The van der Waals surface area contributed by atoms with Crippen molar-refractivity contribution >= 4 is 5.97 Å². The number of rotatable bonds is 9. The number of nitrogens with zero attached hydrogens (tertiary/aromatic N) is 2. The number of ether oxygens (including phenoxy) is 2. The smallest absolute Gasteiger partial charge is 0.341 e. The number of aromatic nitrogens is 2. The molecule has 1 N–H and O–H groups in total. The zero-order chi connectivity index (χ0) is 17.2. The van der Waals surface area contributed by atoms with Crippen molar-refractivity contribution in [3.63, 3.8) is 0 Å². The SMILES string of the molecule is CCOC(=O)c1cnc(OCCCNCc2ccccc2)nc1C. The molecule has 0 unspecified atom stereocenters. The molecule has 0 saturated carbocycles. The van der Waals surface area contributed by atoms with Crippen LogP contribution in [0.25, 0.3) is 0 Å². The lowest BCUT2D eigenvalue weighted by Gasteiger charge is -2.08. The fourth-order valence-electron chi connectivity index (χ4n) is 2.11. The fraction of sp³-hybridized carbons (Fsp3) is 0.389. The topological polar surface area (TPSA) is 73.3 Å². The summed E-state index contributed by atoms with van der Waals surface area (Å²) >= 11 is 0. The van der Waals surface area contributed by atoms with E-state index >= 15 is 0 Å². The monoisotopic (exact) mass is 329 g/mol. The lowest BCUT2D eigenvalue weighted by Crippen LogP contribution is -2.17. The maximum atomic E-state index is 11.7. The second-order valence-electron chi connectivity index (χ2n) is 5.24. The average Bonchev–Trinajstić information content (AvgIpc) is 2.59. The van der Waals surface area contributed by atoms with E-state index < -0.39 is 5.97 Å². The van der Waals surface area contributed by atoms with Crippen molar-refractivity contribution in [1.82, 2.24) is 15.3 Å². The molecule has 0 radical (unpaired) electrons. The number of benzene rings is 1. The number of aryl methyl sites for hydroxylation is 1. The highest BCUT2D eigenvalue weighted by molar-refractivity contribution is 5.90. The maximum absolute atomic E-state index is 11.7. The maximum Gasteiger partial charge on any atom is 0.341 e. The van der Waals surface area contributed by atoms with Gasteiger partial charge < -0.3 is 14.8 Å².